The summed E-state index contributed by atoms with van der Waals surface area (Å²) < 4.78 is 9.18. The Morgan fingerprint density at radius 2 is 1.73 bits per heavy atom. The molecule has 0 unspecified atom stereocenters. The largest absolute Gasteiger partial charge is 0.419 e. The lowest BCUT2D eigenvalue weighted by atomic mass is 10.2. The molecule has 0 fully saturated rings. The second kappa shape index (κ2) is 7.53. The fourth-order valence-corrected chi connectivity index (χ4v) is 4.87. The summed E-state index contributed by atoms with van der Waals surface area (Å²) in [6.45, 7) is 2.02. The van der Waals surface area contributed by atoms with Crippen molar-refractivity contribution in [1.82, 2.24) is 20.0 Å². The molecule has 0 spiro atoms. The summed E-state index contributed by atoms with van der Waals surface area (Å²) in [6.07, 6.45) is 0. The van der Waals surface area contributed by atoms with Crippen molar-refractivity contribution in [3.63, 3.8) is 0 Å². The number of thioether (sulfide) groups is 1. The van der Waals surface area contributed by atoms with Gasteiger partial charge in [-0.25, -0.2) is 4.68 Å². The van der Waals surface area contributed by atoms with Crippen LogP contribution >= 0.6 is 35.3 Å². The molecule has 8 heteroatoms. The number of para-hydroxylation sites is 1. The summed E-state index contributed by atoms with van der Waals surface area (Å²) in [7, 11) is 0. The first-order chi connectivity index (χ1) is 12.7. The highest BCUT2D eigenvalue weighted by Gasteiger charge is 2.18. The highest BCUT2D eigenvalue weighted by atomic mass is 32.2. The van der Waals surface area contributed by atoms with Gasteiger partial charge in [0.2, 0.25) is 11.8 Å². The fraction of sp³-hybridized carbons (Fsp3) is 0.111. The van der Waals surface area contributed by atoms with Gasteiger partial charge in [-0.2, -0.15) is 0 Å². The van der Waals surface area contributed by atoms with Crippen molar-refractivity contribution in [2.45, 2.75) is 16.5 Å². The molecule has 26 heavy (non-hydrogen) atoms. The lowest BCUT2D eigenvalue weighted by Crippen LogP contribution is -1.96. The molecule has 0 saturated carbocycles. The Bertz CT molecular complexity index is 1060. The van der Waals surface area contributed by atoms with Crippen molar-refractivity contribution in [3.05, 3.63) is 70.5 Å². The first-order valence-corrected chi connectivity index (χ1v) is 10.0. The second-order valence-electron chi connectivity index (χ2n) is 5.45. The highest BCUT2D eigenvalue weighted by molar-refractivity contribution is 8.01. The summed E-state index contributed by atoms with van der Waals surface area (Å²) in [5.41, 5.74) is 1.87. The summed E-state index contributed by atoms with van der Waals surface area (Å²) in [4.78, 5) is 0. The molecule has 4 rings (SSSR count). The molecule has 2 aromatic carbocycles. The van der Waals surface area contributed by atoms with E-state index in [0.717, 1.165) is 15.6 Å². The minimum atomic E-state index is -0.0234. The molecule has 0 saturated heterocycles. The summed E-state index contributed by atoms with van der Waals surface area (Å²) in [6, 6.07) is 19.6. The summed E-state index contributed by atoms with van der Waals surface area (Å²) >= 11 is 8.48. The van der Waals surface area contributed by atoms with Crippen LogP contribution in [0.4, 0.5) is 0 Å². The molecular formula is C18H14N4OS3. The number of hydrogen-bond donors (Lipinski definition) is 0. The molecule has 0 bridgehead atoms. The average molecular weight is 399 g/mol. The van der Waals surface area contributed by atoms with E-state index in [9.17, 15) is 0 Å². The van der Waals surface area contributed by atoms with E-state index in [4.69, 9.17) is 16.6 Å². The van der Waals surface area contributed by atoms with Crippen LogP contribution in [0, 0.1) is 3.95 Å². The van der Waals surface area contributed by atoms with Crippen LogP contribution in [0.1, 0.15) is 18.1 Å². The number of nitrogens with zero attached hydrogens (tertiary/aromatic N) is 4. The van der Waals surface area contributed by atoms with Crippen LogP contribution in [0.15, 0.2) is 69.4 Å². The van der Waals surface area contributed by atoms with Crippen LogP contribution in [0.5, 0.6) is 0 Å². The van der Waals surface area contributed by atoms with Crippen molar-refractivity contribution in [3.8, 4) is 17.1 Å². The Morgan fingerprint density at radius 3 is 2.46 bits per heavy atom. The zero-order chi connectivity index (χ0) is 17.9. The Hall–Kier alpha value is -2.29. The SMILES string of the molecule is C[C@@H](Sc1nn(-c2ccccc2)c(=S)s1)c1nnc(-c2ccccc2)o1. The van der Waals surface area contributed by atoms with Crippen LogP contribution < -0.4 is 0 Å². The molecule has 0 aliphatic rings. The minimum absolute atomic E-state index is 0.0234. The van der Waals surface area contributed by atoms with Gasteiger partial charge in [0.15, 0.2) is 8.29 Å². The van der Waals surface area contributed by atoms with E-state index in [0.29, 0.717) is 15.7 Å². The lowest BCUT2D eigenvalue weighted by Gasteiger charge is -2.03. The van der Waals surface area contributed by atoms with E-state index in [1.165, 1.54) is 11.3 Å². The zero-order valence-electron chi connectivity index (χ0n) is 13.8. The molecule has 5 nitrogen and oxygen atoms in total. The summed E-state index contributed by atoms with van der Waals surface area (Å²) in [5.74, 6) is 1.09. The highest BCUT2D eigenvalue weighted by Crippen LogP contribution is 2.36. The van der Waals surface area contributed by atoms with Gasteiger partial charge in [0.25, 0.3) is 0 Å². The second-order valence-corrected chi connectivity index (χ2v) is 8.66. The minimum Gasteiger partial charge on any atom is -0.419 e. The molecule has 4 aromatic rings. The lowest BCUT2D eigenvalue weighted by molar-refractivity contribution is 0.509. The third kappa shape index (κ3) is 3.62. The number of aromatic nitrogens is 4. The summed E-state index contributed by atoms with van der Waals surface area (Å²) in [5, 5.41) is 12.9. The first kappa shape index (κ1) is 17.1. The standard InChI is InChI=1S/C18H14N4OS3/c1-12(15-19-20-16(23-15)13-8-4-2-5-9-13)25-17-21-22(18(24)26-17)14-10-6-3-7-11-14/h2-12H,1H3/t12-/m1/s1. The van der Waals surface area contributed by atoms with Crippen LogP contribution in [0.3, 0.4) is 0 Å². The maximum absolute atomic E-state index is 5.83. The Balaban J connectivity index is 1.53. The Labute approximate surface area is 163 Å². The van der Waals surface area contributed by atoms with Gasteiger partial charge in [-0.05, 0) is 43.4 Å². The van der Waals surface area contributed by atoms with Gasteiger partial charge in [0, 0.05) is 5.56 Å². The number of hydrogen-bond acceptors (Lipinski definition) is 7. The van der Waals surface area contributed by atoms with Crippen molar-refractivity contribution >= 4 is 35.3 Å². The van der Waals surface area contributed by atoms with E-state index >= 15 is 0 Å². The normalized spacial score (nSPS) is 12.2. The Kier molecular flexibility index (Phi) is 4.96. The van der Waals surface area contributed by atoms with Crippen LogP contribution in [-0.4, -0.2) is 20.0 Å². The van der Waals surface area contributed by atoms with Gasteiger partial charge < -0.3 is 4.42 Å². The van der Waals surface area contributed by atoms with E-state index in [2.05, 4.69) is 15.3 Å². The van der Waals surface area contributed by atoms with Gasteiger partial charge in [-0.3, -0.25) is 0 Å². The quantitative estimate of drug-likeness (QED) is 0.324. The molecule has 0 amide bonds. The first-order valence-electron chi connectivity index (χ1n) is 7.92. The third-order valence-corrected chi connectivity index (χ3v) is 6.02. The van der Waals surface area contributed by atoms with Gasteiger partial charge in [0.05, 0.1) is 10.9 Å². The molecule has 1 atom stereocenters. The van der Waals surface area contributed by atoms with Gasteiger partial charge in [0.1, 0.15) is 0 Å². The molecule has 2 aromatic heterocycles. The topological polar surface area (TPSA) is 56.7 Å². The average Bonchev–Trinajstić information content (AvgIpc) is 3.30. The molecule has 0 aliphatic carbocycles. The fourth-order valence-electron chi connectivity index (χ4n) is 2.34. The Morgan fingerprint density at radius 1 is 1.04 bits per heavy atom. The zero-order valence-corrected chi connectivity index (χ0v) is 16.2. The predicted octanol–water partition coefficient (Wildman–Crippen LogP) is 5.57. The van der Waals surface area contributed by atoms with E-state index in [-0.39, 0.29) is 5.25 Å². The predicted molar refractivity (Wildman–Crippen MR) is 106 cm³/mol. The van der Waals surface area contributed by atoms with Gasteiger partial charge >= 0.3 is 0 Å². The van der Waals surface area contributed by atoms with E-state index < -0.39 is 0 Å². The van der Waals surface area contributed by atoms with Crippen molar-refractivity contribution < 1.29 is 4.42 Å². The van der Waals surface area contributed by atoms with Crippen molar-refractivity contribution in [1.29, 1.82) is 0 Å². The molecule has 0 radical (unpaired) electrons. The number of benzene rings is 2. The smallest absolute Gasteiger partial charge is 0.247 e. The molecular weight excluding hydrogens is 384 g/mol. The maximum Gasteiger partial charge on any atom is 0.247 e. The van der Waals surface area contributed by atoms with E-state index in [1.54, 1.807) is 16.4 Å². The van der Waals surface area contributed by atoms with Gasteiger partial charge in [-0.1, -0.05) is 59.5 Å². The van der Waals surface area contributed by atoms with Crippen molar-refractivity contribution in [2.75, 3.05) is 0 Å². The van der Waals surface area contributed by atoms with Crippen LogP contribution in [0.2, 0.25) is 0 Å². The molecule has 2 heterocycles. The monoisotopic (exact) mass is 398 g/mol. The van der Waals surface area contributed by atoms with E-state index in [1.807, 2.05) is 67.6 Å². The molecule has 130 valence electrons. The van der Waals surface area contributed by atoms with Crippen LogP contribution in [-0.2, 0) is 0 Å². The maximum atomic E-state index is 5.83. The third-order valence-electron chi connectivity index (χ3n) is 3.62. The van der Waals surface area contributed by atoms with Crippen molar-refractivity contribution in [2.24, 2.45) is 0 Å². The molecule has 0 N–H and O–H groups in total. The van der Waals surface area contributed by atoms with Crippen LogP contribution in [0.25, 0.3) is 17.1 Å². The van der Waals surface area contributed by atoms with Gasteiger partial charge in [-0.15, -0.1) is 15.3 Å². The number of rotatable bonds is 5. The molecule has 0 aliphatic heterocycles.